The molecule has 39 heavy (non-hydrogen) atoms. The van der Waals surface area contributed by atoms with Gasteiger partial charge in [-0.05, 0) is 72.6 Å². The molecule has 1 spiro atoms. The van der Waals surface area contributed by atoms with Crippen LogP contribution < -0.4 is 10.2 Å². The molecule has 4 aromatic rings. The zero-order valence-corrected chi connectivity index (χ0v) is 21.7. The van der Waals surface area contributed by atoms with Crippen LogP contribution in [0.4, 0.5) is 11.4 Å². The van der Waals surface area contributed by atoms with Gasteiger partial charge in [0.25, 0.3) is 0 Å². The summed E-state index contributed by atoms with van der Waals surface area (Å²) in [6.07, 6.45) is 5.38. The first kappa shape index (κ1) is 23.7. The molecule has 192 valence electrons. The molecule has 4 atom stereocenters. The highest BCUT2D eigenvalue weighted by Gasteiger charge is 2.70. The molecule has 1 fully saturated rings. The number of rotatable bonds is 4. The zero-order chi connectivity index (χ0) is 26.9. The van der Waals surface area contributed by atoms with Crippen LogP contribution in [0.5, 0.6) is 0 Å². The van der Waals surface area contributed by atoms with Crippen LogP contribution in [-0.2, 0) is 10.2 Å². The van der Waals surface area contributed by atoms with Crippen molar-refractivity contribution in [1.29, 1.82) is 0 Å². The molecule has 1 N–H and O–H groups in total. The second-order valence-electron chi connectivity index (χ2n) is 10.3. The smallest absolute Gasteiger partial charge is 0.238 e. The molecule has 0 saturated carbocycles. The number of amides is 1. The van der Waals surface area contributed by atoms with Crippen molar-refractivity contribution in [2.75, 3.05) is 10.2 Å². The Morgan fingerprint density at radius 2 is 1.77 bits per heavy atom. The Morgan fingerprint density at radius 1 is 0.974 bits per heavy atom. The van der Waals surface area contributed by atoms with Gasteiger partial charge in [-0.15, -0.1) is 0 Å². The monoisotopic (exact) mass is 534 g/mol. The van der Waals surface area contributed by atoms with E-state index in [4.69, 9.17) is 16.0 Å². The summed E-state index contributed by atoms with van der Waals surface area (Å²) in [7, 11) is 0. The van der Waals surface area contributed by atoms with Gasteiger partial charge in [0.15, 0.2) is 11.5 Å². The number of Topliss-reactive ketones (excluding diaryl/α,β-unsaturated/α-hetero) is 2. The van der Waals surface area contributed by atoms with Gasteiger partial charge in [-0.3, -0.25) is 14.4 Å². The van der Waals surface area contributed by atoms with Crippen molar-refractivity contribution in [3.05, 3.63) is 124 Å². The molecule has 1 aromatic heterocycles. The van der Waals surface area contributed by atoms with E-state index in [0.29, 0.717) is 21.8 Å². The average Bonchev–Trinajstić information content (AvgIpc) is 3.65. The average molecular weight is 535 g/mol. The third-order valence-electron chi connectivity index (χ3n) is 8.23. The van der Waals surface area contributed by atoms with Crippen molar-refractivity contribution in [3.63, 3.8) is 0 Å². The van der Waals surface area contributed by atoms with E-state index < -0.39 is 29.2 Å². The van der Waals surface area contributed by atoms with Crippen LogP contribution in [0.3, 0.4) is 0 Å². The molecule has 0 radical (unpaired) electrons. The molecule has 3 aromatic carbocycles. The molecule has 0 aliphatic carbocycles. The number of anilines is 2. The Kier molecular flexibility index (Phi) is 5.19. The van der Waals surface area contributed by atoms with Crippen LogP contribution in [0.25, 0.3) is 6.08 Å². The summed E-state index contributed by atoms with van der Waals surface area (Å²) < 4.78 is 5.58. The van der Waals surface area contributed by atoms with Crippen LogP contribution in [0.15, 0.2) is 95.6 Å². The highest BCUT2D eigenvalue weighted by molar-refractivity contribution is 6.30. The maximum Gasteiger partial charge on any atom is 0.238 e. The number of benzene rings is 3. The van der Waals surface area contributed by atoms with Crippen LogP contribution >= 0.6 is 11.6 Å². The largest absolute Gasteiger partial charge is 0.461 e. The summed E-state index contributed by atoms with van der Waals surface area (Å²) in [5.74, 6) is -1.93. The number of fused-ring (bicyclic) bond motifs is 6. The van der Waals surface area contributed by atoms with E-state index in [1.165, 1.54) is 6.26 Å². The van der Waals surface area contributed by atoms with E-state index in [1.807, 2.05) is 66.4 Å². The summed E-state index contributed by atoms with van der Waals surface area (Å²) >= 11 is 6.14. The van der Waals surface area contributed by atoms with E-state index >= 15 is 0 Å². The summed E-state index contributed by atoms with van der Waals surface area (Å²) in [5, 5.41) is 3.52. The molecule has 3 aliphatic rings. The molecule has 3 aliphatic heterocycles. The Labute approximate surface area is 229 Å². The number of hydrogen-bond donors (Lipinski definition) is 1. The Morgan fingerprint density at radius 3 is 2.54 bits per heavy atom. The van der Waals surface area contributed by atoms with Crippen molar-refractivity contribution >= 4 is 46.5 Å². The van der Waals surface area contributed by atoms with E-state index in [9.17, 15) is 14.4 Å². The maximum absolute atomic E-state index is 14.5. The zero-order valence-electron chi connectivity index (χ0n) is 20.9. The number of carbonyl (C=O) groups is 3. The normalized spacial score (nSPS) is 24.3. The summed E-state index contributed by atoms with van der Waals surface area (Å²) in [4.78, 5) is 45.1. The lowest BCUT2D eigenvalue weighted by molar-refractivity contribution is -0.121. The fraction of sp³-hybridized carbons (Fsp3) is 0.156. The number of hydrogen-bond acceptors (Lipinski definition) is 5. The predicted octanol–water partition coefficient (Wildman–Crippen LogP) is 6.10. The topological polar surface area (TPSA) is 79.6 Å². The third-order valence-corrected chi connectivity index (χ3v) is 8.48. The number of ketones is 2. The molecule has 7 rings (SSSR count). The first-order valence-corrected chi connectivity index (χ1v) is 13.1. The lowest BCUT2D eigenvalue weighted by Gasteiger charge is -2.37. The van der Waals surface area contributed by atoms with Crippen LogP contribution in [0.1, 0.15) is 37.6 Å². The molecule has 4 heterocycles. The quantitative estimate of drug-likeness (QED) is 0.320. The number of nitrogens with one attached hydrogen (secondary N) is 1. The fourth-order valence-electron chi connectivity index (χ4n) is 6.66. The van der Waals surface area contributed by atoms with Crippen molar-refractivity contribution < 1.29 is 18.8 Å². The van der Waals surface area contributed by atoms with Crippen molar-refractivity contribution in [1.82, 2.24) is 0 Å². The van der Waals surface area contributed by atoms with Gasteiger partial charge in [-0.1, -0.05) is 53.6 Å². The summed E-state index contributed by atoms with van der Waals surface area (Å²) in [6.45, 7) is 2.01. The minimum Gasteiger partial charge on any atom is -0.461 e. The number of nitrogens with zero attached hydrogens (tertiary/aromatic N) is 1. The predicted molar refractivity (Wildman–Crippen MR) is 149 cm³/mol. The molecule has 1 saturated heterocycles. The first-order valence-electron chi connectivity index (χ1n) is 12.8. The minimum absolute atomic E-state index is 0.110. The number of para-hydroxylation sites is 1. The van der Waals surface area contributed by atoms with Crippen LogP contribution in [-0.4, -0.2) is 29.6 Å². The van der Waals surface area contributed by atoms with Gasteiger partial charge in [-0.25, -0.2) is 0 Å². The van der Waals surface area contributed by atoms with Crippen molar-refractivity contribution in [2.45, 2.75) is 24.4 Å². The summed E-state index contributed by atoms with van der Waals surface area (Å²) in [6, 6.07) is 21.7. The number of halogens is 1. The Bertz CT molecular complexity index is 1690. The second kappa shape index (κ2) is 8.55. The highest BCUT2D eigenvalue weighted by atomic mass is 35.5. The fourth-order valence-corrected chi connectivity index (χ4v) is 6.78. The second-order valence-corrected chi connectivity index (χ2v) is 10.7. The van der Waals surface area contributed by atoms with Crippen molar-refractivity contribution in [2.24, 2.45) is 5.92 Å². The molecule has 1 amide bonds. The maximum atomic E-state index is 14.5. The minimum atomic E-state index is -1.37. The molecule has 0 bridgehead atoms. The molecule has 6 nitrogen and oxygen atoms in total. The lowest BCUT2D eigenvalue weighted by atomic mass is 9.64. The molecular formula is C32H23ClN2O4. The number of furan rings is 1. The van der Waals surface area contributed by atoms with Crippen LogP contribution in [0, 0.1) is 12.8 Å². The highest BCUT2D eigenvalue weighted by Crippen LogP contribution is 2.58. The molecule has 0 unspecified atom stereocenters. The summed E-state index contributed by atoms with van der Waals surface area (Å²) in [5.41, 5.74) is 3.17. The van der Waals surface area contributed by atoms with Gasteiger partial charge in [0, 0.05) is 22.0 Å². The third kappa shape index (κ3) is 3.25. The molecule has 7 heteroatoms. The van der Waals surface area contributed by atoms with Gasteiger partial charge in [0.05, 0.1) is 18.2 Å². The number of carbonyl (C=O) groups excluding carboxylic acids is 3. The van der Waals surface area contributed by atoms with Crippen LogP contribution in [0.2, 0.25) is 5.02 Å². The van der Waals surface area contributed by atoms with E-state index in [-0.39, 0.29) is 17.5 Å². The van der Waals surface area contributed by atoms with E-state index in [2.05, 4.69) is 5.32 Å². The van der Waals surface area contributed by atoms with E-state index in [0.717, 1.165) is 16.8 Å². The van der Waals surface area contributed by atoms with Gasteiger partial charge < -0.3 is 14.6 Å². The molecular weight excluding hydrogens is 512 g/mol. The Hall–Kier alpha value is -4.42. The van der Waals surface area contributed by atoms with Gasteiger partial charge in [-0.2, -0.15) is 0 Å². The van der Waals surface area contributed by atoms with Gasteiger partial charge in [0.2, 0.25) is 11.7 Å². The van der Waals surface area contributed by atoms with Crippen molar-refractivity contribution in [3.8, 4) is 0 Å². The van der Waals surface area contributed by atoms with Gasteiger partial charge >= 0.3 is 0 Å². The first-order chi connectivity index (χ1) is 18.9. The Balaban J connectivity index is 1.54. The standard InChI is InChI=1S/C32H23ClN2O4/c1-18-8-14-24-20(17-18)11-15-26-32(22-5-2-3-6-23(22)34-31(32)38)27(30(37)25-7-4-16-39-25)28(35(24)26)29(36)19-9-12-21(33)13-10-19/h2-17,26-28H,1H3,(H,34,38)/t26-,27+,28+,32-/m1/s1. The SMILES string of the molecule is Cc1ccc2c(c1)C=C[C@H]1N2[C@H](C(=O)c2ccc(Cl)cc2)[C@@H](C(=O)c2ccco2)[C@]12C(=O)Nc1ccccc12. The number of aryl methyl sites for hydroxylation is 1. The lowest BCUT2D eigenvalue weighted by Crippen LogP contribution is -2.51. The van der Waals surface area contributed by atoms with E-state index in [1.54, 1.807) is 36.4 Å². The van der Waals surface area contributed by atoms with Gasteiger partial charge in [0.1, 0.15) is 11.5 Å².